The Morgan fingerprint density at radius 2 is 2.09 bits per heavy atom. The number of likely N-dealkylation sites (tertiary alicyclic amines) is 1. The van der Waals surface area contributed by atoms with Gasteiger partial charge in [0.25, 0.3) is 0 Å². The molecule has 0 spiro atoms. The molecule has 1 saturated carbocycles. The first-order valence-corrected chi connectivity index (χ1v) is 8.55. The number of hydrogen-bond acceptors (Lipinski definition) is 3. The van der Waals surface area contributed by atoms with Gasteiger partial charge in [-0.05, 0) is 38.0 Å². The fourth-order valence-electron chi connectivity index (χ4n) is 4.07. The summed E-state index contributed by atoms with van der Waals surface area (Å²) in [7, 11) is 0. The summed E-state index contributed by atoms with van der Waals surface area (Å²) in [6, 6.07) is 0.572. The molecule has 3 unspecified atom stereocenters. The number of halogens is 1. The number of rotatable bonds is 5. The van der Waals surface area contributed by atoms with E-state index in [-0.39, 0.29) is 30.3 Å². The first-order valence-electron chi connectivity index (χ1n) is 8.55. The van der Waals surface area contributed by atoms with E-state index >= 15 is 0 Å². The molecule has 2 saturated heterocycles. The van der Waals surface area contributed by atoms with Crippen LogP contribution in [0.2, 0.25) is 0 Å². The van der Waals surface area contributed by atoms with Crippen molar-refractivity contribution in [1.29, 1.82) is 0 Å². The highest BCUT2D eigenvalue weighted by Gasteiger charge is 2.37. The van der Waals surface area contributed by atoms with Crippen LogP contribution in [0.3, 0.4) is 0 Å². The molecule has 2 N–H and O–H groups in total. The quantitative estimate of drug-likeness (QED) is 0.751. The molecule has 3 fully saturated rings. The minimum Gasteiger partial charge on any atom is -0.355 e. The van der Waals surface area contributed by atoms with E-state index in [1.807, 2.05) is 4.90 Å². The third kappa shape index (κ3) is 4.13. The molecule has 0 bridgehead atoms. The summed E-state index contributed by atoms with van der Waals surface area (Å²) in [6.07, 6.45) is 8.66. The number of fused-ring (bicyclic) bond motifs is 1. The van der Waals surface area contributed by atoms with Crippen LogP contribution in [0.5, 0.6) is 0 Å². The first-order chi connectivity index (χ1) is 10.2. The van der Waals surface area contributed by atoms with Crippen molar-refractivity contribution < 1.29 is 9.59 Å². The molecule has 2 amide bonds. The van der Waals surface area contributed by atoms with Gasteiger partial charge in [-0.1, -0.05) is 12.8 Å². The molecule has 1 aliphatic carbocycles. The molecule has 22 heavy (non-hydrogen) atoms. The van der Waals surface area contributed by atoms with Gasteiger partial charge < -0.3 is 15.5 Å². The molecule has 3 rings (SSSR count). The largest absolute Gasteiger partial charge is 0.355 e. The molecule has 0 aromatic rings. The Morgan fingerprint density at radius 3 is 2.82 bits per heavy atom. The van der Waals surface area contributed by atoms with E-state index in [9.17, 15) is 9.59 Å². The van der Waals surface area contributed by atoms with E-state index in [0.717, 1.165) is 32.4 Å². The number of carbonyl (C=O) groups is 2. The number of nitrogens with zero attached hydrogens (tertiary/aromatic N) is 1. The van der Waals surface area contributed by atoms with Gasteiger partial charge in [0.2, 0.25) is 11.8 Å². The van der Waals surface area contributed by atoms with Crippen molar-refractivity contribution in [3.8, 4) is 0 Å². The van der Waals surface area contributed by atoms with Crippen LogP contribution in [0.25, 0.3) is 0 Å². The van der Waals surface area contributed by atoms with Gasteiger partial charge in [0.05, 0.1) is 6.04 Å². The molecule has 6 heteroatoms. The topological polar surface area (TPSA) is 61.4 Å². The van der Waals surface area contributed by atoms with Gasteiger partial charge in [0.15, 0.2) is 0 Å². The summed E-state index contributed by atoms with van der Waals surface area (Å²) in [5.74, 6) is 1.12. The second kappa shape index (κ2) is 8.16. The summed E-state index contributed by atoms with van der Waals surface area (Å²) in [5.41, 5.74) is 0. The third-order valence-electron chi connectivity index (χ3n) is 5.25. The average molecular weight is 330 g/mol. The maximum absolute atomic E-state index is 12.2. The van der Waals surface area contributed by atoms with Crippen LogP contribution in [0.1, 0.15) is 51.4 Å². The van der Waals surface area contributed by atoms with Gasteiger partial charge in [-0.3, -0.25) is 9.59 Å². The summed E-state index contributed by atoms with van der Waals surface area (Å²) >= 11 is 0. The second-order valence-electron chi connectivity index (χ2n) is 6.73. The van der Waals surface area contributed by atoms with Gasteiger partial charge in [0.1, 0.15) is 0 Å². The van der Waals surface area contributed by atoms with E-state index in [1.165, 1.54) is 25.7 Å². The van der Waals surface area contributed by atoms with Crippen molar-refractivity contribution in [1.82, 2.24) is 15.5 Å². The maximum Gasteiger partial charge on any atom is 0.237 e. The summed E-state index contributed by atoms with van der Waals surface area (Å²) in [5, 5.41) is 6.54. The number of amides is 2. The SMILES string of the molecule is Cl.O=C(NCCCN1CCCC1=O)C1CC2CCCCC2N1. The second-order valence-corrected chi connectivity index (χ2v) is 6.73. The monoisotopic (exact) mass is 329 g/mol. The lowest BCUT2D eigenvalue weighted by molar-refractivity contribution is -0.127. The lowest BCUT2D eigenvalue weighted by Crippen LogP contribution is -2.43. The predicted molar refractivity (Wildman–Crippen MR) is 88.0 cm³/mol. The van der Waals surface area contributed by atoms with Crippen LogP contribution in [0.15, 0.2) is 0 Å². The zero-order valence-corrected chi connectivity index (χ0v) is 14.0. The maximum atomic E-state index is 12.2. The number of hydrogen-bond donors (Lipinski definition) is 2. The normalized spacial score (nSPS) is 30.8. The summed E-state index contributed by atoms with van der Waals surface area (Å²) in [6.45, 7) is 2.35. The van der Waals surface area contributed by atoms with Gasteiger partial charge >= 0.3 is 0 Å². The van der Waals surface area contributed by atoms with Crippen LogP contribution in [-0.2, 0) is 9.59 Å². The van der Waals surface area contributed by atoms with E-state index in [1.54, 1.807) is 0 Å². The Kier molecular flexibility index (Phi) is 6.50. The fourth-order valence-corrected chi connectivity index (χ4v) is 4.07. The zero-order chi connectivity index (χ0) is 14.7. The number of nitrogens with one attached hydrogen (secondary N) is 2. The van der Waals surface area contributed by atoms with Crippen LogP contribution in [-0.4, -0.2) is 48.4 Å². The van der Waals surface area contributed by atoms with Gasteiger partial charge in [-0.15, -0.1) is 12.4 Å². The van der Waals surface area contributed by atoms with E-state index in [2.05, 4.69) is 10.6 Å². The first kappa shape index (κ1) is 17.5. The lowest BCUT2D eigenvalue weighted by atomic mass is 9.85. The highest BCUT2D eigenvalue weighted by Crippen LogP contribution is 2.33. The molecule has 0 aromatic heterocycles. The van der Waals surface area contributed by atoms with Crippen molar-refractivity contribution in [2.75, 3.05) is 19.6 Å². The van der Waals surface area contributed by atoms with Gasteiger partial charge in [-0.2, -0.15) is 0 Å². The smallest absolute Gasteiger partial charge is 0.237 e. The van der Waals surface area contributed by atoms with E-state index < -0.39 is 0 Å². The molecule has 0 aromatic carbocycles. The molecular formula is C16H28ClN3O2. The molecule has 5 nitrogen and oxygen atoms in total. The highest BCUT2D eigenvalue weighted by molar-refractivity contribution is 5.85. The van der Waals surface area contributed by atoms with Crippen LogP contribution >= 0.6 is 12.4 Å². The van der Waals surface area contributed by atoms with E-state index in [0.29, 0.717) is 24.9 Å². The van der Waals surface area contributed by atoms with Gasteiger partial charge in [-0.25, -0.2) is 0 Å². The average Bonchev–Trinajstić information content (AvgIpc) is 3.09. The van der Waals surface area contributed by atoms with Crippen molar-refractivity contribution in [3.63, 3.8) is 0 Å². The molecule has 3 aliphatic rings. The molecule has 2 aliphatic heterocycles. The Labute approximate surface area is 139 Å². The van der Waals surface area contributed by atoms with Crippen molar-refractivity contribution in [2.45, 2.75) is 63.5 Å². The molecular weight excluding hydrogens is 302 g/mol. The Morgan fingerprint density at radius 1 is 1.27 bits per heavy atom. The molecule has 126 valence electrons. The Balaban J connectivity index is 0.00000176. The highest BCUT2D eigenvalue weighted by atomic mass is 35.5. The lowest BCUT2D eigenvalue weighted by Gasteiger charge is -2.24. The minimum atomic E-state index is 0. The van der Waals surface area contributed by atoms with E-state index in [4.69, 9.17) is 0 Å². The van der Waals surface area contributed by atoms with Crippen molar-refractivity contribution in [2.24, 2.45) is 5.92 Å². The Bertz CT molecular complexity index is 391. The fraction of sp³-hybridized carbons (Fsp3) is 0.875. The van der Waals surface area contributed by atoms with Crippen LogP contribution < -0.4 is 10.6 Å². The number of carbonyl (C=O) groups excluding carboxylic acids is 2. The van der Waals surface area contributed by atoms with Gasteiger partial charge in [0, 0.05) is 32.1 Å². The molecule has 3 atom stereocenters. The third-order valence-corrected chi connectivity index (χ3v) is 5.25. The predicted octanol–water partition coefficient (Wildman–Crippen LogP) is 1.46. The zero-order valence-electron chi connectivity index (χ0n) is 13.2. The van der Waals surface area contributed by atoms with Crippen molar-refractivity contribution >= 4 is 24.2 Å². The van der Waals surface area contributed by atoms with Crippen LogP contribution in [0, 0.1) is 5.92 Å². The van der Waals surface area contributed by atoms with Crippen LogP contribution in [0.4, 0.5) is 0 Å². The molecule has 0 radical (unpaired) electrons. The Hall–Kier alpha value is -0.810. The molecule has 2 heterocycles. The summed E-state index contributed by atoms with van der Waals surface area (Å²) < 4.78 is 0. The standard InChI is InChI=1S/C16H27N3O2.ClH/c20-15-7-3-9-19(15)10-4-8-17-16(21)14-11-12-5-1-2-6-13(12)18-14;/h12-14,18H,1-11H2,(H,17,21);1H. The van der Waals surface area contributed by atoms with Crippen molar-refractivity contribution in [3.05, 3.63) is 0 Å². The minimum absolute atomic E-state index is 0. The summed E-state index contributed by atoms with van der Waals surface area (Å²) in [4.78, 5) is 25.6.